The lowest BCUT2D eigenvalue weighted by atomic mass is 9.87. The lowest BCUT2D eigenvalue weighted by molar-refractivity contribution is -0.158. The van der Waals surface area contributed by atoms with E-state index >= 15 is 0 Å². The number of carbonyl (C=O) groups excluding carboxylic acids is 2. The van der Waals surface area contributed by atoms with Gasteiger partial charge in [0.25, 0.3) is 0 Å². The van der Waals surface area contributed by atoms with Gasteiger partial charge in [-0.25, -0.2) is 0 Å². The summed E-state index contributed by atoms with van der Waals surface area (Å²) in [5.41, 5.74) is -1.16. The van der Waals surface area contributed by atoms with Crippen molar-refractivity contribution >= 4 is 11.8 Å². The second-order valence-corrected chi connectivity index (χ2v) is 4.99. The molecular weight excluding hydrogens is 248 g/mol. The standard InChI is InChI=1S/C13H20N2O4/c1-4-18-12(17)13(2,3)11(16)9-15-5-6-19-10(7-14)8-15/h10H,4-6,8-9H2,1-3H3. The van der Waals surface area contributed by atoms with Crippen LogP contribution in [0.1, 0.15) is 20.8 Å². The molecule has 6 nitrogen and oxygen atoms in total. The molecule has 0 bridgehead atoms. The molecule has 6 heteroatoms. The van der Waals surface area contributed by atoms with Gasteiger partial charge in [0.1, 0.15) is 5.41 Å². The van der Waals surface area contributed by atoms with Gasteiger partial charge in [0.2, 0.25) is 0 Å². The summed E-state index contributed by atoms with van der Waals surface area (Å²) < 4.78 is 10.1. The van der Waals surface area contributed by atoms with Crippen LogP contribution in [-0.4, -0.2) is 55.6 Å². The summed E-state index contributed by atoms with van der Waals surface area (Å²) in [5.74, 6) is -0.713. The summed E-state index contributed by atoms with van der Waals surface area (Å²) >= 11 is 0. The van der Waals surface area contributed by atoms with Crippen LogP contribution in [0.15, 0.2) is 0 Å². The summed E-state index contributed by atoms with van der Waals surface area (Å²) in [7, 11) is 0. The maximum atomic E-state index is 12.2. The smallest absolute Gasteiger partial charge is 0.319 e. The summed E-state index contributed by atoms with van der Waals surface area (Å²) in [6.45, 7) is 6.62. The lowest BCUT2D eigenvalue weighted by Gasteiger charge is -2.31. The summed E-state index contributed by atoms with van der Waals surface area (Å²) in [6.07, 6.45) is -0.507. The first-order valence-corrected chi connectivity index (χ1v) is 6.36. The molecule has 0 aliphatic carbocycles. The molecule has 19 heavy (non-hydrogen) atoms. The van der Waals surface area contributed by atoms with Crippen molar-refractivity contribution < 1.29 is 19.1 Å². The van der Waals surface area contributed by atoms with Crippen LogP contribution in [0.3, 0.4) is 0 Å². The molecule has 0 N–H and O–H groups in total. The predicted octanol–water partition coefficient (Wildman–Crippen LogP) is 0.369. The van der Waals surface area contributed by atoms with Gasteiger partial charge in [-0.3, -0.25) is 14.5 Å². The van der Waals surface area contributed by atoms with E-state index in [2.05, 4.69) is 0 Å². The third kappa shape index (κ3) is 4.01. The molecule has 1 saturated heterocycles. The molecule has 0 aromatic heterocycles. The van der Waals surface area contributed by atoms with Gasteiger partial charge in [0.15, 0.2) is 11.9 Å². The van der Waals surface area contributed by atoms with Crippen molar-refractivity contribution in [1.29, 1.82) is 5.26 Å². The van der Waals surface area contributed by atoms with Crippen molar-refractivity contribution in [2.45, 2.75) is 26.9 Å². The van der Waals surface area contributed by atoms with E-state index in [1.54, 1.807) is 20.8 Å². The average Bonchev–Trinajstić information content (AvgIpc) is 2.39. The predicted molar refractivity (Wildman–Crippen MR) is 67.2 cm³/mol. The molecular formula is C13H20N2O4. The van der Waals surface area contributed by atoms with Crippen molar-refractivity contribution in [3.8, 4) is 6.07 Å². The maximum Gasteiger partial charge on any atom is 0.319 e. The van der Waals surface area contributed by atoms with Crippen molar-refractivity contribution in [2.24, 2.45) is 5.41 Å². The molecule has 0 saturated carbocycles. The van der Waals surface area contributed by atoms with Crippen LogP contribution in [0.5, 0.6) is 0 Å². The first kappa shape index (κ1) is 15.6. The number of nitriles is 1. The molecule has 0 aromatic rings. The largest absolute Gasteiger partial charge is 0.465 e. The molecule has 1 atom stereocenters. The summed E-state index contributed by atoms with van der Waals surface area (Å²) in [5, 5.41) is 8.80. The minimum atomic E-state index is -1.16. The Hall–Kier alpha value is -1.45. The SMILES string of the molecule is CCOC(=O)C(C)(C)C(=O)CN1CCOC(C#N)C1. The van der Waals surface area contributed by atoms with Gasteiger partial charge in [0.05, 0.1) is 25.8 Å². The fourth-order valence-corrected chi connectivity index (χ4v) is 1.75. The molecule has 1 aliphatic rings. The highest BCUT2D eigenvalue weighted by Crippen LogP contribution is 2.20. The number of carbonyl (C=O) groups is 2. The summed E-state index contributed by atoms with van der Waals surface area (Å²) in [6, 6.07) is 2.02. The van der Waals surface area contributed by atoms with Crippen LogP contribution in [0.25, 0.3) is 0 Å². The second-order valence-electron chi connectivity index (χ2n) is 4.99. The van der Waals surface area contributed by atoms with E-state index < -0.39 is 17.5 Å². The lowest BCUT2D eigenvalue weighted by Crippen LogP contribution is -2.48. The Balaban J connectivity index is 2.59. The Bertz CT molecular complexity index is 387. The highest BCUT2D eigenvalue weighted by molar-refractivity contribution is 6.03. The highest BCUT2D eigenvalue weighted by Gasteiger charge is 2.38. The zero-order valence-electron chi connectivity index (χ0n) is 11.6. The van der Waals surface area contributed by atoms with E-state index in [1.165, 1.54) is 0 Å². The third-order valence-corrected chi connectivity index (χ3v) is 3.14. The molecule has 106 valence electrons. The molecule has 1 unspecified atom stereocenters. The number of ketones is 1. The summed E-state index contributed by atoms with van der Waals surface area (Å²) in [4.78, 5) is 25.7. The number of esters is 1. The van der Waals surface area contributed by atoms with E-state index in [4.69, 9.17) is 14.7 Å². The van der Waals surface area contributed by atoms with E-state index in [1.807, 2.05) is 11.0 Å². The number of morpholine rings is 1. The van der Waals surface area contributed by atoms with Crippen LogP contribution >= 0.6 is 0 Å². The molecule has 1 aliphatic heterocycles. The first-order chi connectivity index (χ1) is 8.91. The van der Waals surface area contributed by atoms with Crippen LogP contribution in [-0.2, 0) is 19.1 Å². The number of Topliss-reactive ketones (excluding diaryl/α,β-unsaturated/α-hetero) is 1. The molecule has 0 amide bonds. The maximum absolute atomic E-state index is 12.2. The van der Waals surface area contributed by atoms with E-state index in [-0.39, 0.29) is 18.9 Å². The molecule has 1 rings (SSSR count). The van der Waals surface area contributed by atoms with Gasteiger partial charge in [-0.15, -0.1) is 0 Å². The Morgan fingerprint density at radius 1 is 1.53 bits per heavy atom. The monoisotopic (exact) mass is 268 g/mol. The van der Waals surface area contributed by atoms with Gasteiger partial charge in [-0.2, -0.15) is 5.26 Å². The Labute approximate surface area is 113 Å². The zero-order chi connectivity index (χ0) is 14.5. The molecule has 1 fully saturated rings. The van der Waals surface area contributed by atoms with E-state index in [0.717, 1.165) is 0 Å². The van der Waals surface area contributed by atoms with Crippen molar-refractivity contribution in [3.63, 3.8) is 0 Å². The van der Waals surface area contributed by atoms with Crippen molar-refractivity contribution in [3.05, 3.63) is 0 Å². The van der Waals surface area contributed by atoms with Gasteiger partial charge in [0, 0.05) is 13.1 Å². The number of hydrogen-bond acceptors (Lipinski definition) is 6. The number of nitrogens with zero attached hydrogens (tertiary/aromatic N) is 2. The Morgan fingerprint density at radius 2 is 2.21 bits per heavy atom. The molecule has 0 spiro atoms. The topological polar surface area (TPSA) is 79.6 Å². The fraction of sp³-hybridized carbons (Fsp3) is 0.769. The molecule has 1 heterocycles. The second kappa shape index (κ2) is 6.64. The van der Waals surface area contributed by atoms with Crippen LogP contribution < -0.4 is 0 Å². The van der Waals surface area contributed by atoms with E-state index in [0.29, 0.717) is 19.7 Å². The molecule has 0 aromatic carbocycles. The van der Waals surface area contributed by atoms with Crippen molar-refractivity contribution in [1.82, 2.24) is 4.90 Å². The Kier molecular flexibility index (Phi) is 5.45. The van der Waals surface area contributed by atoms with Crippen LogP contribution in [0, 0.1) is 16.7 Å². The van der Waals surface area contributed by atoms with Crippen LogP contribution in [0.2, 0.25) is 0 Å². The minimum absolute atomic E-state index is 0.132. The fourth-order valence-electron chi connectivity index (χ4n) is 1.75. The van der Waals surface area contributed by atoms with Gasteiger partial charge >= 0.3 is 5.97 Å². The van der Waals surface area contributed by atoms with Crippen molar-refractivity contribution in [2.75, 3.05) is 32.8 Å². The third-order valence-electron chi connectivity index (χ3n) is 3.14. The van der Waals surface area contributed by atoms with Gasteiger partial charge in [-0.1, -0.05) is 0 Å². The number of ether oxygens (including phenoxy) is 2. The highest BCUT2D eigenvalue weighted by atomic mass is 16.5. The van der Waals surface area contributed by atoms with Crippen LogP contribution in [0.4, 0.5) is 0 Å². The van der Waals surface area contributed by atoms with E-state index in [9.17, 15) is 9.59 Å². The van der Waals surface area contributed by atoms with Gasteiger partial charge in [-0.05, 0) is 20.8 Å². The van der Waals surface area contributed by atoms with Gasteiger partial charge < -0.3 is 9.47 Å². The zero-order valence-corrected chi connectivity index (χ0v) is 11.6. The minimum Gasteiger partial charge on any atom is -0.465 e. The number of rotatable bonds is 5. The normalized spacial score (nSPS) is 20.6. The first-order valence-electron chi connectivity index (χ1n) is 6.36. The molecule has 0 radical (unpaired) electrons. The average molecular weight is 268 g/mol. The number of hydrogen-bond donors (Lipinski definition) is 0. The Morgan fingerprint density at radius 3 is 2.79 bits per heavy atom. The quantitative estimate of drug-likeness (QED) is 0.529.